The van der Waals surface area contributed by atoms with E-state index in [1.807, 2.05) is 6.92 Å². The van der Waals surface area contributed by atoms with Crippen LogP contribution in [0.25, 0.3) is 0 Å². The fourth-order valence-corrected chi connectivity index (χ4v) is 4.33. The molecule has 0 bridgehead atoms. The molecule has 2 atom stereocenters. The number of hydrogen-bond donors (Lipinski definition) is 0. The van der Waals surface area contributed by atoms with Crippen molar-refractivity contribution in [2.45, 2.75) is 51.2 Å². The van der Waals surface area contributed by atoms with E-state index in [0.29, 0.717) is 6.61 Å². The van der Waals surface area contributed by atoms with Crippen LogP contribution in [0, 0.1) is 5.41 Å². The Balaban J connectivity index is 2.03. The smallest absolute Gasteiger partial charge is 0.237 e. The molecule has 0 radical (unpaired) electrons. The van der Waals surface area contributed by atoms with E-state index >= 15 is 0 Å². The van der Waals surface area contributed by atoms with Gasteiger partial charge in [0, 0.05) is 32.2 Å². The van der Waals surface area contributed by atoms with Crippen molar-refractivity contribution >= 4 is 15.9 Å². The number of likely N-dealkylation sites (N-methyl/N-ethyl adjacent to an activating group) is 2. The third-order valence-corrected chi connectivity index (χ3v) is 6.69. The normalized spacial score (nSPS) is 27.1. The van der Waals surface area contributed by atoms with Gasteiger partial charge in [0.15, 0.2) is 0 Å². The molecule has 1 spiro atoms. The minimum Gasteiger partial charge on any atom is -0.378 e. The standard InChI is InChI=1S/C15H28N2O4S/c1-5-21-13-10-12(15(13)8-6-7-9-15)17(3)14(18)11-16(2)22(4,19)20/h12-13H,5-11H2,1-4H3. The minimum atomic E-state index is -3.33. The predicted octanol–water partition coefficient (Wildman–Crippen LogP) is 1.07. The van der Waals surface area contributed by atoms with Gasteiger partial charge >= 0.3 is 0 Å². The lowest BCUT2D eigenvalue weighted by Gasteiger charge is -2.57. The van der Waals surface area contributed by atoms with Crippen LogP contribution in [-0.4, -0.2) is 69.2 Å². The van der Waals surface area contributed by atoms with Crippen molar-refractivity contribution in [1.29, 1.82) is 0 Å². The number of sulfonamides is 1. The summed E-state index contributed by atoms with van der Waals surface area (Å²) in [4.78, 5) is 14.2. The highest BCUT2D eigenvalue weighted by molar-refractivity contribution is 7.88. The second-order valence-corrected chi connectivity index (χ2v) is 8.75. The van der Waals surface area contributed by atoms with Crippen LogP contribution < -0.4 is 0 Å². The SMILES string of the molecule is CCOC1CC(N(C)C(=O)CN(C)S(C)(=O)=O)C12CCCC2. The molecule has 128 valence electrons. The molecular formula is C15H28N2O4S. The lowest BCUT2D eigenvalue weighted by molar-refractivity contribution is -0.172. The van der Waals surface area contributed by atoms with Crippen LogP contribution >= 0.6 is 0 Å². The Morgan fingerprint density at radius 2 is 1.86 bits per heavy atom. The zero-order valence-corrected chi connectivity index (χ0v) is 14.9. The zero-order valence-electron chi connectivity index (χ0n) is 14.0. The zero-order chi connectivity index (χ0) is 16.5. The molecule has 2 rings (SSSR count). The summed E-state index contributed by atoms with van der Waals surface area (Å²) < 4.78 is 29.9. The third kappa shape index (κ3) is 3.16. The van der Waals surface area contributed by atoms with Crippen LogP contribution in [0.5, 0.6) is 0 Å². The number of amides is 1. The Hall–Kier alpha value is -0.660. The van der Waals surface area contributed by atoms with Gasteiger partial charge in [-0.2, -0.15) is 4.31 Å². The first kappa shape index (κ1) is 17.7. The molecule has 2 unspecified atom stereocenters. The van der Waals surface area contributed by atoms with E-state index in [-0.39, 0.29) is 30.0 Å². The van der Waals surface area contributed by atoms with E-state index in [2.05, 4.69) is 0 Å². The molecule has 7 heteroatoms. The highest BCUT2D eigenvalue weighted by Crippen LogP contribution is 2.56. The Morgan fingerprint density at radius 1 is 1.27 bits per heavy atom. The largest absolute Gasteiger partial charge is 0.378 e. The number of rotatable bonds is 6. The second-order valence-electron chi connectivity index (χ2n) is 6.66. The molecule has 6 nitrogen and oxygen atoms in total. The average Bonchev–Trinajstić information content (AvgIpc) is 2.93. The van der Waals surface area contributed by atoms with E-state index in [4.69, 9.17) is 4.74 Å². The van der Waals surface area contributed by atoms with Crippen LogP contribution in [0.15, 0.2) is 0 Å². The van der Waals surface area contributed by atoms with Gasteiger partial charge in [-0.05, 0) is 26.2 Å². The highest BCUT2D eigenvalue weighted by atomic mass is 32.2. The van der Waals surface area contributed by atoms with Crippen LogP contribution in [-0.2, 0) is 19.6 Å². The van der Waals surface area contributed by atoms with E-state index in [9.17, 15) is 13.2 Å². The quantitative estimate of drug-likeness (QED) is 0.730. The van der Waals surface area contributed by atoms with Crippen molar-refractivity contribution in [2.75, 3.05) is 33.5 Å². The maximum Gasteiger partial charge on any atom is 0.237 e. The van der Waals surface area contributed by atoms with Gasteiger partial charge in [-0.15, -0.1) is 0 Å². The number of ether oxygens (including phenoxy) is 1. The number of carbonyl (C=O) groups is 1. The number of nitrogens with zero attached hydrogens (tertiary/aromatic N) is 2. The second kappa shape index (κ2) is 6.45. The molecule has 1 amide bonds. The minimum absolute atomic E-state index is 0.0874. The van der Waals surface area contributed by atoms with E-state index < -0.39 is 10.0 Å². The van der Waals surface area contributed by atoms with Crippen molar-refractivity contribution in [1.82, 2.24) is 9.21 Å². The Kier molecular flexibility index (Phi) is 5.19. The van der Waals surface area contributed by atoms with Crippen molar-refractivity contribution in [2.24, 2.45) is 5.41 Å². The van der Waals surface area contributed by atoms with E-state index in [0.717, 1.165) is 29.8 Å². The molecule has 2 aliphatic carbocycles. The van der Waals surface area contributed by atoms with Gasteiger partial charge < -0.3 is 9.64 Å². The molecule has 0 heterocycles. The molecule has 0 saturated heterocycles. The monoisotopic (exact) mass is 332 g/mol. The van der Waals surface area contributed by atoms with Gasteiger partial charge in [-0.3, -0.25) is 4.79 Å². The molecule has 0 aromatic rings. The summed E-state index contributed by atoms with van der Waals surface area (Å²) in [5.74, 6) is -0.140. The topological polar surface area (TPSA) is 66.9 Å². The average molecular weight is 332 g/mol. The Labute approximate surface area is 133 Å². The first-order valence-electron chi connectivity index (χ1n) is 8.01. The van der Waals surface area contributed by atoms with E-state index in [1.165, 1.54) is 19.9 Å². The van der Waals surface area contributed by atoms with Crippen molar-refractivity contribution in [3.63, 3.8) is 0 Å². The highest BCUT2D eigenvalue weighted by Gasteiger charge is 2.58. The molecular weight excluding hydrogens is 304 g/mol. The molecule has 2 aliphatic rings. The van der Waals surface area contributed by atoms with E-state index in [1.54, 1.807) is 11.9 Å². The van der Waals surface area contributed by atoms with Crippen LogP contribution in [0.4, 0.5) is 0 Å². The third-order valence-electron chi connectivity index (χ3n) is 5.43. The summed E-state index contributed by atoms with van der Waals surface area (Å²) in [6.07, 6.45) is 6.79. The maximum absolute atomic E-state index is 12.4. The molecule has 2 saturated carbocycles. The fraction of sp³-hybridized carbons (Fsp3) is 0.933. The first-order chi connectivity index (χ1) is 10.2. The predicted molar refractivity (Wildman–Crippen MR) is 85.0 cm³/mol. The maximum atomic E-state index is 12.4. The molecule has 0 aromatic heterocycles. The lowest BCUT2D eigenvalue weighted by atomic mass is 9.60. The lowest BCUT2D eigenvalue weighted by Crippen LogP contribution is -2.64. The summed E-state index contributed by atoms with van der Waals surface area (Å²) in [6.45, 7) is 2.61. The summed E-state index contributed by atoms with van der Waals surface area (Å²) >= 11 is 0. The van der Waals surface area contributed by atoms with Crippen molar-refractivity contribution < 1.29 is 17.9 Å². The van der Waals surface area contributed by atoms with Crippen LogP contribution in [0.3, 0.4) is 0 Å². The molecule has 2 fully saturated rings. The summed E-state index contributed by atoms with van der Waals surface area (Å²) in [6, 6.07) is 0.173. The Bertz CT molecular complexity index is 514. The van der Waals surface area contributed by atoms with Crippen LogP contribution in [0.2, 0.25) is 0 Å². The molecule has 0 aliphatic heterocycles. The number of carbonyl (C=O) groups excluding carboxylic acids is 1. The molecule has 0 aromatic carbocycles. The summed E-state index contributed by atoms with van der Waals surface area (Å²) in [5, 5.41) is 0. The van der Waals surface area contributed by atoms with Gasteiger partial charge in [0.25, 0.3) is 0 Å². The van der Waals surface area contributed by atoms with Gasteiger partial charge in [-0.1, -0.05) is 12.8 Å². The van der Waals surface area contributed by atoms with Crippen LogP contribution in [0.1, 0.15) is 39.0 Å². The van der Waals surface area contributed by atoms with Gasteiger partial charge in [-0.25, -0.2) is 8.42 Å². The molecule has 0 N–H and O–H groups in total. The Morgan fingerprint density at radius 3 is 2.36 bits per heavy atom. The van der Waals surface area contributed by atoms with Gasteiger partial charge in [0.1, 0.15) is 0 Å². The van der Waals surface area contributed by atoms with Gasteiger partial charge in [0.05, 0.1) is 18.9 Å². The molecule has 22 heavy (non-hydrogen) atoms. The summed E-state index contributed by atoms with van der Waals surface area (Å²) in [7, 11) is -0.0940. The number of hydrogen-bond acceptors (Lipinski definition) is 4. The van der Waals surface area contributed by atoms with Crippen molar-refractivity contribution in [3.05, 3.63) is 0 Å². The van der Waals surface area contributed by atoms with Gasteiger partial charge in [0.2, 0.25) is 15.9 Å². The summed E-state index contributed by atoms with van der Waals surface area (Å²) in [5.41, 5.74) is 0.0874. The fourth-order valence-electron chi connectivity index (χ4n) is 3.99. The van der Waals surface area contributed by atoms with Crippen molar-refractivity contribution in [3.8, 4) is 0 Å². The first-order valence-corrected chi connectivity index (χ1v) is 9.86.